The van der Waals surface area contributed by atoms with Crippen LogP contribution in [0, 0.1) is 6.92 Å². The summed E-state index contributed by atoms with van der Waals surface area (Å²) in [6.07, 6.45) is 4.23. The van der Waals surface area contributed by atoms with Gasteiger partial charge in [-0.25, -0.2) is 0 Å². The number of nitrogens with zero attached hydrogens (tertiary/aromatic N) is 2. The van der Waals surface area contributed by atoms with Crippen LogP contribution in [-0.2, 0) is 0 Å². The summed E-state index contributed by atoms with van der Waals surface area (Å²) in [5.41, 5.74) is 1.99. The Bertz CT molecular complexity index is 464. The molecule has 0 atom stereocenters. The second kappa shape index (κ2) is 9.06. The number of Topliss-reactive ketones (excluding diaryl/α,β-unsaturated/α-hetero) is 1. The molecule has 1 aromatic carbocycles. The van der Waals surface area contributed by atoms with Crippen LogP contribution in [-0.4, -0.2) is 54.9 Å². The molecule has 0 saturated carbocycles. The summed E-state index contributed by atoms with van der Waals surface area (Å²) in [7, 11) is 0. The number of hydrogen-bond donors (Lipinski definition) is 0. The summed E-state index contributed by atoms with van der Waals surface area (Å²) >= 11 is 0. The van der Waals surface area contributed by atoms with Gasteiger partial charge in [0.1, 0.15) is 0 Å². The second-order valence-corrected chi connectivity index (χ2v) is 6.38. The molecule has 122 valence electrons. The molecule has 1 aliphatic rings. The first kappa shape index (κ1) is 17.2. The minimum Gasteiger partial charge on any atom is -0.301 e. The molecule has 22 heavy (non-hydrogen) atoms. The second-order valence-electron chi connectivity index (χ2n) is 6.38. The van der Waals surface area contributed by atoms with Crippen LogP contribution in [0.3, 0.4) is 0 Å². The van der Waals surface area contributed by atoms with Crippen molar-refractivity contribution < 1.29 is 4.79 Å². The zero-order chi connectivity index (χ0) is 15.8. The molecule has 3 heteroatoms. The van der Waals surface area contributed by atoms with E-state index in [2.05, 4.69) is 16.7 Å². The Morgan fingerprint density at radius 2 is 1.59 bits per heavy atom. The predicted octanol–water partition coefficient (Wildman–Crippen LogP) is 3.38. The lowest BCUT2D eigenvalue weighted by atomic mass is 10.0. The molecule has 0 spiro atoms. The first-order chi connectivity index (χ1) is 10.7. The third kappa shape index (κ3) is 5.22. The lowest BCUT2D eigenvalue weighted by Crippen LogP contribution is -2.46. The van der Waals surface area contributed by atoms with E-state index in [0.29, 0.717) is 12.2 Å². The van der Waals surface area contributed by atoms with Gasteiger partial charge in [-0.2, -0.15) is 0 Å². The normalized spacial score (nSPS) is 16.8. The van der Waals surface area contributed by atoms with Crippen LogP contribution < -0.4 is 0 Å². The van der Waals surface area contributed by atoms with Crippen molar-refractivity contribution in [1.82, 2.24) is 9.80 Å². The molecule has 2 rings (SSSR count). The summed E-state index contributed by atoms with van der Waals surface area (Å²) in [4.78, 5) is 17.3. The van der Waals surface area contributed by atoms with Crippen molar-refractivity contribution in [3.8, 4) is 0 Å². The van der Waals surface area contributed by atoms with E-state index < -0.39 is 0 Å². The largest absolute Gasteiger partial charge is 0.301 e. The number of rotatable bonds is 8. The highest BCUT2D eigenvalue weighted by Gasteiger charge is 2.16. The Hall–Kier alpha value is -1.19. The summed E-state index contributed by atoms with van der Waals surface area (Å²) in [6, 6.07) is 7.91. The van der Waals surface area contributed by atoms with Gasteiger partial charge in [0, 0.05) is 38.2 Å². The first-order valence-corrected chi connectivity index (χ1v) is 8.74. The van der Waals surface area contributed by atoms with E-state index in [1.54, 1.807) is 0 Å². The van der Waals surface area contributed by atoms with Crippen molar-refractivity contribution >= 4 is 5.78 Å². The van der Waals surface area contributed by atoms with E-state index in [-0.39, 0.29) is 0 Å². The van der Waals surface area contributed by atoms with Crippen LogP contribution in [0.2, 0.25) is 0 Å². The van der Waals surface area contributed by atoms with Gasteiger partial charge in [0.05, 0.1) is 0 Å². The maximum absolute atomic E-state index is 12.3. The number of unbranched alkanes of at least 4 members (excludes halogenated alkanes) is 1. The SMILES string of the molecule is CCCCN1CCN(CCCC(=O)c2ccccc2C)CC1. The first-order valence-electron chi connectivity index (χ1n) is 8.74. The summed E-state index contributed by atoms with van der Waals surface area (Å²) < 4.78 is 0. The minimum atomic E-state index is 0.291. The van der Waals surface area contributed by atoms with E-state index in [4.69, 9.17) is 0 Å². The minimum absolute atomic E-state index is 0.291. The lowest BCUT2D eigenvalue weighted by molar-refractivity contribution is 0.0961. The van der Waals surface area contributed by atoms with E-state index in [1.807, 2.05) is 31.2 Å². The van der Waals surface area contributed by atoms with Crippen LogP contribution in [0.5, 0.6) is 0 Å². The number of benzene rings is 1. The lowest BCUT2D eigenvalue weighted by Gasteiger charge is -2.34. The van der Waals surface area contributed by atoms with Crippen molar-refractivity contribution in [1.29, 1.82) is 0 Å². The monoisotopic (exact) mass is 302 g/mol. The zero-order valence-electron chi connectivity index (χ0n) is 14.2. The third-order valence-corrected chi connectivity index (χ3v) is 4.62. The Morgan fingerprint density at radius 3 is 2.18 bits per heavy atom. The molecule has 0 unspecified atom stereocenters. The van der Waals surface area contributed by atoms with Crippen LogP contribution in [0.1, 0.15) is 48.5 Å². The average molecular weight is 302 g/mol. The number of carbonyl (C=O) groups is 1. The Labute approximate surface area is 135 Å². The summed E-state index contributed by atoms with van der Waals surface area (Å²) in [6.45, 7) is 11.3. The van der Waals surface area contributed by atoms with Gasteiger partial charge in [-0.1, -0.05) is 37.6 Å². The highest BCUT2D eigenvalue weighted by atomic mass is 16.1. The Kier molecular flexibility index (Phi) is 7.07. The van der Waals surface area contributed by atoms with Gasteiger partial charge in [0.15, 0.2) is 5.78 Å². The Morgan fingerprint density at radius 1 is 1.00 bits per heavy atom. The van der Waals surface area contributed by atoms with Gasteiger partial charge >= 0.3 is 0 Å². The number of piperazine rings is 1. The maximum Gasteiger partial charge on any atom is 0.163 e. The van der Waals surface area contributed by atoms with Crippen LogP contribution >= 0.6 is 0 Å². The topological polar surface area (TPSA) is 23.6 Å². The smallest absolute Gasteiger partial charge is 0.163 e. The molecule has 1 heterocycles. The van der Waals surface area contributed by atoms with Crippen LogP contribution in [0.4, 0.5) is 0 Å². The fraction of sp³-hybridized carbons (Fsp3) is 0.632. The standard InChI is InChI=1S/C19H30N2O/c1-3-4-11-20-13-15-21(16-14-20)12-7-10-19(22)18-9-6-5-8-17(18)2/h5-6,8-9H,3-4,7,10-16H2,1-2H3. The average Bonchev–Trinajstić information content (AvgIpc) is 2.54. The fourth-order valence-electron chi connectivity index (χ4n) is 3.10. The molecule has 1 aromatic rings. The van der Waals surface area contributed by atoms with E-state index in [0.717, 1.165) is 37.2 Å². The van der Waals surface area contributed by atoms with E-state index in [1.165, 1.54) is 32.5 Å². The van der Waals surface area contributed by atoms with Crippen molar-refractivity contribution in [2.24, 2.45) is 0 Å². The van der Waals surface area contributed by atoms with Crippen molar-refractivity contribution in [3.63, 3.8) is 0 Å². The number of aryl methyl sites for hydroxylation is 1. The van der Waals surface area contributed by atoms with Gasteiger partial charge in [0.25, 0.3) is 0 Å². The molecule has 0 N–H and O–H groups in total. The number of hydrogen-bond acceptors (Lipinski definition) is 3. The van der Waals surface area contributed by atoms with Gasteiger partial charge in [-0.3, -0.25) is 4.79 Å². The van der Waals surface area contributed by atoms with Gasteiger partial charge in [-0.05, 0) is 38.4 Å². The molecule has 0 radical (unpaired) electrons. The van der Waals surface area contributed by atoms with Gasteiger partial charge < -0.3 is 9.80 Å². The molecule has 1 saturated heterocycles. The number of carbonyl (C=O) groups excluding carboxylic acids is 1. The highest BCUT2D eigenvalue weighted by molar-refractivity contribution is 5.97. The van der Waals surface area contributed by atoms with Crippen molar-refractivity contribution in [2.45, 2.75) is 39.5 Å². The molecule has 0 aliphatic carbocycles. The quantitative estimate of drug-likeness (QED) is 0.688. The molecule has 0 aromatic heterocycles. The van der Waals surface area contributed by atoms with Crippen molar-refractivity contribution in [3.05, 3.63) is 35.4 Å². The van der Waals surface area contributed by atoms with Crippen LogP contribution in [0.15, 0.2) is 24.3 Å². The molecular weight excluding hydrogens is 272 g/mol. The molecular formula is C19H30N2O. The Balaban J connectivity index is 1.65. The van der Waals surface area contributed by atoms with Gasteiger partial charge in [-0.15, -0.1) is 0 Å². The van der Waals surface area contributed by atoms with E-state index >= 15 is 0 Å². The van der Waals surface area contributed by atoms with E-state index in [9.17, 15) is 4.79 Å². The number of ketones is 1. The van der Waals surface area contributed by atoms with Gasteiger partial charge in [0.2, 0.25) is 0 Å². The zero-order valence-corrected chi connectivity index (χ0v) is 14.2. The van der Waals surface area contributed by atoms with Crippen LogP contribution in [0.25, 0.3) is 0 Å². The highest BCUT2D eigenvalue weighted by Crippen LogP contribution is 2.12. The molecule has 0 bridgehead atoms. The fourth-order valence-corrected chi connectivity index (χ4v) is 3.10. The maximum atomic E-state index is 12.3. The van der Waals surface area contributed by atoms with Crippen molar-refractivity contribution in [2.75, 3.05) is 39.3 Å². The molecule has 1 aliphatic heterocycles. The third-order valence-electron chi connectivity index (χ3n) is 4.62. The summed E-state index contributed by atoms with van der Waals surface area (Å²) in [5.74, 6) is 0.291. The summed E-state index contributed by atoms with van der Waals surface area (Å²) in [5, 5.41) is 0. The molecule has 1 fully saturated rings. The predicted molar refractivity (Wildman–Crippen MR) is 92.5 cm³/mol. The molecule has 3 nitrogen and oxygen atoms in total. The molecule has 0 amide bonds.